The fourth-order valence-electron chi connectivity index (χ4n) is 1.99. The van der Waals surface area contributed by atoms with Gasteiger partial charge in [-0.15, -0.1) is 0 Å². The monoisotopic (exact) mass is 265 g/mol. The van der Waals surface area contributed by atoms with Crippen LogP contribution in [0.2, 0.25) is 0 Å². The number of aryl methyl sites for hydroxylation is 2. The predicted octanol–water partition coefficient (Wildman–Crippen LogP) is 3.77. The summed E-state index contributed by atoms with van der Waals surface area (Å²) in [6.07, 6.45) is 0. The lowest BCUT2D eigenvalue weighted by Crippen LogP contribution is -2.16. The maximum absolute atomic E-state index is 14.0. The molecule has 1 nitrogen and oxygen atoms in total. The summed E-state index contributed by atoms with van der Waals surface area (Å²) < 4.78 is 40.9. The average molecular weight is 265 g/mol. The quantitative estimate of drug-likeness (QED) is 0.878. The zero-order valence-corrected chi connectivity index (χ0v) is 10.7. The van der Waals surface area contributed by atoms with Crippen LogP contribution in [0.15, 0.2) is 30.3 Å². The summed E-state index contributed by atoms with van der Waals surface area (Å²) in [4.78, 5) is 0. The number of benzene rings is 2. The van der Waals surface area contributed by atoms with Gasteiger partial charge in [0.2, 0.25) is 0 Å². The Bertz CT molecular complexity index is 623. The summed E-state index contributed by atoms with van der Waals surface area (Å²) in [5.41, 5.74) is 6.90. The lowest BCUT2D eigenvalue weighted by molar-refractivity contribution is 0.537. The maximum Gasteiger partial charge on any atom is 0.134 e. The van der Waals surface area contributed by atoms with Gasteiger partial charge < -0.3 is 5.73 Å². The molecule has 0 saturated heterocycles. The Labute approximate surface area is 109 Å². The molecule has 2 N–H and O–H groups in total. The summed E-state index contributed by atoms with van der Waals surface area (Å²) in [6, 6.07) is 5.77. The van der Waals surface area contributed by atoms with Gasteiger partial charge in [-0.1, -0.05) is 18.2 Å². The van der Waals surface area contributed by atoms with Crippen LogP contribution in [0, 0.1) is 31.3 Å². The van der Waals surface area contributed by atoms with E-state index in [-0.39, 0.29) is 11.4 Å². The Morgan fingerprint density at radius 1 is 0.895 bits per heavy atom. The van der Waals surface area contributed by atoms with Crippen molar-refractivity contribution in [2.24, 2.45) is 5.73 Å². The number of hydrogen-bond acceptors (Lipinski definition) is 1. The van der Waals surface area contributed by atoms with Crippen LogP contribution in [0.5, 0.6) is 0 Å². The van der Waals surface area contributed by atoms with Crippen LogP contribution in [-0.4, -0.2) is 0 Å². The molecule has 100 valence electrons. The highest BCUT2D eigenvalue weighted by molar-refractivity contribution is 5.37. The highest BCUT2D eigenvalue weighted by atomic mass is 19.1. The zero-order valence-electron chi connectivity index (χ0n) is 10.7. The van der Waals surface area contributed by atoms with Gasteiger partial charge in [0.1, 0.15) is 17.5 Å². The van der Waals surface area contributed by atoms with Crippen LogP contribution in [-0.2, 0) is 0 Å². The Morgan fingerprint density at radius 3 is 2.16 bits per heavy atom. The fourth-order valence-corrected chi connectivity index (χ4v) is 1.99. The summed E-state index contributed by atoms with van der Waals surface area (Å²) in [5.74, 6) is -1.73. The smallest absolute Gasteiger partial charge is 0.134 e. The third-order valence-corrected chi connectivity index (χ3v) is 3.17. The Balaban J connectivity index is 2.52. The van der Waals surface area contributed by atoms with Gasteiger partial charge in [-0.3, -0.25) is 0 Å². The fraction of sp³-hybridized carbons (Fsp3) is 0.200. The molecule has 0 radical (unpaired) electrons. The van der Waals surface area contributed by atoms with Gasteiger partial charge >= 0.3 is 0 Å². The van der Waals surface area contributed by atoms with Crippen molar-refractivity contribution in [2.75, 3.05) is 0 Å². The predicted molar refractivity (Wildman–Crippen MR) is 68.3 cm³/mol. The van der Waals surface area contributed by atoms with Gasteiger partial charge in [-0.25, -0.2) is 13.2 Å². The first-order valence-electron chi connectivity index (χ1n) is 5.88. The Morgan fingerprint density at radius 2 is 1.53 bits per heavy atom. The summed E-state index contributed by atoms with van der Waals surface area (Å²) in [6.45, 7) is 3.12. The van der Waals surface area contributed by atoms with Crippen LogP contribution in [0.25, 0.3) is 0 Å². The van der Waals surface area contributed by atoms with E-state index in [9.17, 15) is 13.2 Å². The van der Waals surface area contributed by atoms with Crippen molar-refractivity contribution in [1.29, 1.82) is 0 Å². The maximum atomic E-state index is 14.0. The molecular weight excluding hydrogens is 251 g/mol. The topological polar surface area (TPSA) is 26.0 Å². The van der Waals surface area contributed by atoms with E-state index in [0.29, 0.717) is 16.7 Å². The largest absolute Gasteiger partial charge is 0.320 e. The third kappa shape index (κ3) is 2.49. The number of halogens is 3. The Hall–Kier alpha value is -1.81. The number of hydrogen-bond donors (Lipinski definition) is 1. The first-order chi connectivity index (χ1) is 8.91. The van der Waals surface area contributed by atoms with Crippen molar-refractivity contribution in [3.63, 3.8) is 0 Å². The van der Waals surface area contributed by atoms with Gasteiger partial charge in [0.05, 0.1) is 6.04 Å². The van der Waals surface area contributed by atoms with Crippen LogP contribution < -0.4 is 5.73 Å². The minimum atomic E-state index is -0.959. The second-order valence-electron chi connectivity index (χ2n) is 4.58. The van der Waals surface area contributed by atoms with E-state index in [4.69, 9.17) is 5.73 Å². The molecule has 0 amide bonds. The molecule has 0 heterocycles. The van der Waals surface area contributed by atoms with E-state index >= 15 is 0 Å². The zero-order chi connectivity index (χ0) is 14.2. The molecule has 1 atom stereocenters. The van der Waals surface area contributed by atoms with Gasteiger partial charge in [-0.2, -0.15) is 0 Å². The van der Waals surface area contributed by atoms with Crippen LogP contribution in [0.3, 0.4) is 0 Å². The second-order valence-corrected chi connectivity index (χ2v) is 4.58. The van der Waals surface area contributed by atoms with E-state index < -0.39 is 17.7 Å². The molecule has 2 aromatic rings. The van der Waals surface area contributed by atoms with E-state index in [1.54, 1.807) is 13.8 Å². The van der Waals surface area contributed by atoms with Crippen molar-refractivity contribution in [2.45, 2.75) is 19.9 Å². The van der Waals surface area contributed by atoms with E-state index in [0.717, 1.165) is 0 Å². The lowest BCUT2D eigenvalue weighted by atomic mass is 9.95. The first kappa shape index (κ1) is 13.6. The van der Waals surface area contributed by atoms with Crippen molar-refractivity contribution in [3.8, 4) is 0 Å². The van der Waals surface area contributed by atoms with E-state index in [1.807, 2.05) is 0 Å². The van der Waals surface area contributed by atoms with Crippen LogP contribution >= 0.6 is 0 Å². The molecular formula is C15H14F3N. The van der Waals surface area contributed by atoms with Crippen molar-refractivity contribution >= 4 is 0 Å². The first-order valence-corrected chi connectivity index (χ1v) is 5.88. The second kappa shape index (κ2) is 5.05. The summed E-state index contributed by atoms with van der Waals surface area (Å²) in [5, 5.41) is 0. The molecule has 4 heteroatoms. The van der Waals surface area contributed by atoms with Gasteiger partial charge in [0, 0.05) is 5.56 Å². The average Bonchev–Trinajstić information content (AvgIpc) is 2.37. The summed E-state index contributed by atoms with van der Waals surface area (Å²) >= 11 is 0. The molecule has 0 aliphatic carbocycles. The molecule has 2 rings (SSSR count). The molecule has 0 spiro atoms. The third-order valence-electron chi connectivity index (χ3n) is 3.17. The SMILES string of the molecule is Cc1cc(C(N)c2c(F)ccc(C)c2F)ccc1F. The minimum Gasteiger partial charge on any atom is -0.320 e. The van der Waals surface area contributed by atoms with Crippen LogP contribution in [0.1, 0.15) is 28.3 Å². The Kier molecular flexibility index (Phi) is 3.62. The van der Waals surface area contributed by atoms with Gasteiger partial charge in [-0.05, 0) is 42.7 Å². The molecule has 19 heavy (non-hydrogen) atoms. The molecule has 0 bridgehead atoms. The molecule has 0 aliphatic rings. The van der Waals surface area contributed by atoms with Crippen molar-refractivity contribution in [1.82, 2.24) is 0 Å². The molecule has 0 aliphatic heterocycles. The van der Waals surface area contributed by atoms with Gasteiger partial charge in [0.15, 0.2) is 0 Å². The van der Waals surface area contributed by atoms with Crippen LogP contribution in [0.4, 0.5) is 13.2 Å². The lowest BCUT2D eigenvalue weighted by Gasteiger charge is -2.16. The highest BCUT2D eigenvalue weighted by Gasteiger charge is 2.20. The molecule has 0 aromatic heterocycles. The standard InChI is InChI=1S/C15H14F3N/c1-8-3-5-12(17)13(14(8)18)15(19)10-4-6-11(16)9(2)7-10/h3-7,15H,19H2,1-2H3. The van der Waals surface area contributed by atoms with E-state index in [1.165, 1.54) is 30.3 Å². The minimum absolute atomic E-state index is 0.189. The molecule has 2 aromatic carbocycles. The molecule has 0 saturated carbocycles. The highest BCUT2D eigenvalue weighted by Crippen LogP contribution is 2.27. The summed E-state index contributed by atoms with van der Waals surface area (Å²) in [7, 11) is 0. The van der Waals surface area contributed by atoms with E-state index in [2.05, 4.69) is 0 Å². The van der Waals surface area contributed by atoms with Crippen molar-refractivity contribution in [3.05, 3.63) is 70.0 Å². The number of rotatable bonds is 2. The van der Waals surface area contributed by atoms with Gasteiger partial charge in [0.25, 0.3) is 0 Å². The van der Waals surface area contributed by atoms with Crippen molar-refractivity contribution < 1.29 is 13.2 Å². The molecule has 0 fully saturated rings. The number of nitrogens with two attached hydrogens (primary N) is 1. The molecule has 1 unspecified atom stereocenters. The normalized spacial score (nSPS) is 12.5.